The van der Waals surface area contributed by atoms with Gasteiger partial charge in [0, 0.05) is 23.9 Å². The second-order valence-corrected chi connectivity index (χ2v) is 8.01. The van der Waals surface area contributed by atoms with Gasteiger partial charge < -0.3 is 9.64 Å². The Morgan fingerprint density at radius 2 is 1.85 bits per heavy atom. The second-order valence-electron chi connectivity index (χ2n) is 8.01. The number of nitrogens with zero attached hydrogens (tertiary/aromatic N) is 1. The van der Waals surface area contributed by atoms with Crippen LogP contribution in [-0.4, -0.2) is 36.1 Å². The maximum Gasteiger partial charge on any atom is 0.255 e. The summed E-state index contributed by atoms with van der Waals surface area (Å²) in [5, 5.41) is 0. The standard InChI is InChI=1S/C17H27NO2/c1-15-12-20-17(11-13(15)7-8-16(15,17)2)14(19)18-9-5-3-4-6-10-18/h13H,3-12H2,1-2H3/t13?,15-,16?,17+/m0/s1. The third kappa shape index (κ3) is 1.29. The van der Waals surface area contributed by atoms with E-state index in [0.29, 0.717) is 11.8 Å². The Balaban J connectivity index is 1.66. The highest BCUT2D eigenvalue weighted by Crippen LogP contribution is 2.75. The van der Waals surface area contributed by atoms with E-state index in [1.54, 1.807) is 0 Å². The summed E-state index contributed by atoms with van der Waals surface area (Å²) < 4.78 is 6.24. The largest absolute Gasteiger partial charge is 0.364 e. The van der Waals surface area contributed by atoms with E-state index in [0.717, 1.165) is 26.1 Å². The van der Waals surface area contributed by atoms with Crippen LogP contribution in [0, 0.1) is 16.7 Å². The number of likely N-dealkylation sites (tertiary alicyclic amines) is 1. The maximum absolute atomic E-state index is 13.3. The smallest absolute Gasteiger partial charge is 0.255 e. The molecule has 2 heterocycles. The number of hydrogen-bond acceptors (Lipinski definition) is 2. The summed E-state index contributed by atoms with van der Waals surface area (Å²) >= 11 is 0. The molecule has 0 radical (unpaired) electrons. The molecule has 2 aliphatic carbocycles. The zero-order valence-electron chi connectivity index (χ0n) is 12.9. The van der Waals surface area contributed by atoms with Crippen molar-refractivity contribution in [2.24, 2.45) is 16.7 Å². The summed E-state index contributed by atoms with van der Waals surface area (Å²) in [6, 6.07) is 0. The van der Waals surface area contributed by atoms with Crippen LogP contribution in [0.1, 0.15) is 58.8 Å². The Labute approximate surface area is 122 Å². The van der Waals surface area contributed by atoms with Crippen LogP contribution < -0.4 is 0 Å². The summed E-state index contributed by atoms with van der Waals surface area (Å²) in [7, 11) is 0. The van der Waals surface area contributed by atoms with Gasteiger partial charge in [0.1, 0.15) is 0 Å². The summed E-state index contributed by atoms with van der Waals surface area (Å²) in [4.78, 5) is 15.4. The molecular formula is C17H27NO2. The van der Waals surface area contributed by atoms with Gasteiger partial charge in [-0.15, -0.1) is 0 Å². The van der Waals surface area contributed by atoms with Crippen molar-refractivity contribution in [1.29, 1.82) is 0 Å². The summed E-state index contributed by atoms with van der Waals surface area (Å²) in [5.74, 6) is 1.03. The molecule has 0 aromatic carbocycles. The molecule has 2 aliphatic heterocycles. The van der Waals surface area contributed by atoms with E-state index in [2.05, 4.69) is 18.7 Å². The Morgan fingerprint density at radius 1 is 1.15 bits per heavy atom. The van der Waals surface area contributed by atoms with Crippen LogP contribution >= 0.6 is 0 Å². The van der Waals surface area contributed by atoms with Crippen LogP contribution in [0.4, 0.5) is 0 Å². The molecule has 0 N–H and O–H groups in total. The minimum absolute atomic E-state index is 0.0774. The molecule has 3 nitrogen and oxygen atoms in total. The van der Waals surface area contributed by atoms with Gasteiger partial charge in [-0.3, -0.25) is 4.79 Å². The lowest BCUT2D eigenvalue weighted by Gasteiger charge is -2.42. The topological polar surface area (TPSA) is 29.5 Å². The van der Waals surface area contributed by atoms with Crippen LogP contribution in [0.5, 0.6) is 0 Å². The number of carbonyl (C=O) groups is 1. The zero-order valence-corrected chi connectivity index (χ0v) is 12.9. The molecular weight excluding hydrogens is 250 g/mol. The van der Waals surface area contributed by atoms with E-state index in [4.69, 9.17) is 4.74 Å². The first kappa shape index (κ1) is 13.1. The number of ether oxygens (including phenoxy) is 1. The summed E-state index contributed by atoms with van der Waals surface area (Å²) in [6.45, 7) is 7.40. The average Bonchev–Trinajstić information content (AvgIpc) is 2.79. The van der Waals surface area contributed by atoms with Crippen molar-refractivity contribution in [2.75, 3.05) is 19.7 Å². The van der Waals surface area contributed by atoms with Crippen LogP contribution in [0.2, 0.25) is 0 Å². The molecule has 4 atom stereocenters. The Kier molecular flexibility index (Phi) is 2.62. The van der Waals surface area contributed by atoms with Crippen molar-refractivity contribution >= 4 is 5.91 Å². The van der Waals surface area contributed by atoms with Crippen molar-refractivity contribution in [3.63, 3.8) is 0 Å². The molecule has 2 saturated heterocycles. The van der Waals surface area contributed by atoms with Crippen molar-refractivity contribution in [3.8, 4) is 0 Å². The minimum atomic E-state index is -0.477. The Bertz CT molecular complexity index is 442. The maximum atomic E-state index is 13.3. The van der Waals surface area contributed by atoms with Gasteiger partial charge in [0.25, 0.3) is 5.91 Å². The van der Waals surface area contributed by atoms with Crippen LogP contribution in [0.15, 0.2) is 0 Å². The SMILES string of the molecule is CC12CCC3C[C@]1(C(=O)N1CCCCCC1)OC[C@@]32C. The number of carbonyl (C=O) groups excluding carboxylic acids is 1. The third-order valence-electron chi connectivity index (χ3n) is 7.44. The van der Waals surface area contributed by atoms with Crippen LogP contribution in [0.3, 0.4) is 0 Å². The molecule has 4 bridgehead atoms. The number of rotatable bonds is 1. The monoisotopic (exact) mass is 277 g/mol. The van der Waals surface area contributed by atoms with E-state index in [1.807, 2.05) is 0 Å². The molecule has 3 heteroatoms. The van der Waals surface area contributed by atoms with E-state index in [9.17, 15) is 4.79 Å². The zero-order chi connectivity index (χ0) is 14.0. The second kappa shape index (κ2) is 4.00. The average molecular weight is 277 g/mol. The highest BCUT2D eigenvalue weighted by Gasteiger charge is 2.78. The fourth-order valence-electron chi connectivity index (χ4n) is 5.76. The van der Waals surface area contributed by atoms with Crippen LogP contribution in [0.25, 0.3) is 0 Å². The van der Waals surface area contributed by atoms with E-state index >= 15 is 0 Å². The molecule has 0 aromatic heterocycles. The molecule has 2 saturated carbocycles. The summed E-state index contributed by atoms with van der Waals surface area (Å²) in [5.41, 5.74) is -0.155. The molecule has 4 rings (SSSR count). The minimum Gasteiger partial charge on any atom is -0.364 e. The molecule has 0 spiro atoms. The fraction of sp³-hybridized carbons (Fsp3) is 0.941. The Morgan fingerprint density at radius 3 is 2.45 bits per heavy atom. The van der Waals surface area contributed by atoms with E-state index < -0.39 is 5.60 Å². The molecule has 4 aliphatic rings. The first-order valence-electron chi connectivity index (χ1n) is 8.47. The highest BCUT2D eigenvalue weighted by atomic mass is 16.5. The predicted molar refractivity (Wildman–Crippen MR) is 77.3 cm³/mol. The fourth-order valence-corrected chi connectivity index (χ4v) is 5.76. The molecule has 0 aromatic rings. The first-order chi connectivity index (χ1) is 9.54. The quantitative estimate of drug-likeness (QED) is 0.737. The lowest BCUT2D eigenvalue weighted by molar-refractivity contribution is -0.167. The number of hydrogen-bond donors (Lipinski definition) is 0. The van der Waals surface area contributed by atoms with Gasteiger partial charge in [0.2, 0.25) is 0 Å². The van der Waals surface area contributed by atoms with Gasteiger partial charge in [-0.05, 0) is 38.0 Å². The van der Waals surface area contributed by atoms with Crippen molar-refractivity contribution in [2.45, 2.75) is 64.4 Å². The summed E-state index contributed by atoms with van der Waals surface area (Å²) in [6.07, 6.45) is 8.33. The third-order valence-corrected chi connectivity index (χ3v) is 7.44. The highest BCUT2D eigenvalue weighted by molar-refractivity contribution is 5.88. The molecule has 112 valence electrons. The van der Waals surface area contributed by atoms with Crippen molar-refractivity contribution in [3.05, 3.63) is 0 Å². The van der Waals surface area contributed by atoms with Crippen molar-refractivity contribution in [1.82, 2.24) is 4.90 Å². The van der Waals surface area contributed by atoms with Gasteiger partial charge in [-0.1, -0.05) is 26.7 Å². The predicted octanol–water partition coefficient (Wildman–Crippen LogP) is 2.98. The van der Waals surface area contributed by atoms with Gasteiger partial charge in [-0.25, -0.2) is 0 Å². The van der Waals surface area contributed by atoms with E-state index in [1.165, 1.54) is 38.5 Å². The Hall–Kier alpha value is -0.570. The first-order valence-corrected chi connectivity index (χ1v) is 8.47. The molecule has 4 fully saturated rings. The molecule has 2 unspecified atom stereocenters. The van der Waals surface area contributed by atoms with Gasteiger partial charge >= 0.3 is 0 Å². The molecule has 1 amide bonds. The van der Waals surface area contributed by atoms with Crippen LogP contribution in [-0.2, 0) is 9.53 Å². The lowest BCUT2D eigenvalue weighted by atomic mass is 9.66. The van der Waals surface area contributed by atoms with Gasteiger partial charge in [0.15, 0.2) is 5.60 Å². The number of amides is 1. The van der Waals surface area contributed by atoms with Gasteiger partial charge in [-0.2, -0.15) is 0 Å². The van der Waals surface area contributed by atoms with E-state index in [-0.39, 0.29) is 10.8 Å². The van der Waals surface area contributed by atoms with Crippen molar-refractivity contribution < 1.29 is 9.53 Å². The van der Waals surface area contributed by atoms with Gasteiger partial charge in [0.05, 0.1) is 6.61 Å². The molecule has 20 heavy (non-hydrogen) atoms. The normalized spacial score (nSPS) is 50.5. The lowest BCUT2D eigenvalue weighted by Crippen LogP contribution is -2.56.